The molecule has 2 rings (SSSR count). The minimum absolute atomic E-state index is 0.299. The minimum Gasteiger partial charge on any atom is -0.379 e. The number of hydrogen-bond acceptors (Lipinski definition) is 2. The van der Waals surface area contributed by atoms with E-state index in [1.165, 1.54) is 6.07 Å². The number of aromatic amines is 1. The van der Waals surface area contributed by atoms with E-state index in [1.807, 2.05) is 4.57 Å². The van der Waals surface area contributed by atoms with E-state index in [-0.39, 0.29) is 5.82 Å². The van der Waals surface area contributed by atoms with Gasteiger partial charge in [0.25, 0.3) is 0 Å². The molecule has 3 nitrogen and oxygen atoms in total. The lowest BCUT2D eigenvalue weighted by molar-refractivity contribution is 0.103. The molecule has 0 spiro atoms. The number of H-pyrrole nitrogens is 1. The van der Waals surface area contributed by atoms with Gasteiger partial charge in [0.2, 0.25) is 0 Å². The van der Waals surface area contributed by atoms with E-state index in [2.05, 4.69) is 34.8 Å². The van der Waals surface area contributed by atoms with Gasteiger partial charge in [-0.15, -0.1) is 0 Å². The van der Waals surface area contributed by atoms with Crippen molar-refractivity contribution in [3.05, 3.63) is 27.2 Å². The van der Waals surface area contributed by atoms with Crippen LogP contribution in [0.5, 0.6) is 0 Å². The predicted molar refractivity (Wildman–Crippen MR) is 80.4 cm³/mol. The van der Waals surface area contributed by atoms with Crippen LogP contribution in [0.1, 0.15) is 13.8 Å². The summed E-state index contributed by atoms with van der Waals surface area (Å²) < 4.78 is 22.0. The Morgan fingerprint density at radius 2 is 2.21 bits per heavy atom. The average molecular weight is 347 g/mol. The van der Waals surface area contributed by atoms with Crippen molar-refractivity contribution in [2.75, 3.05) is 13.2 Å². The van der Waals surface area contributed by atoms with Gasteiger partial charge in [-0.05, 0) is 40.1 Å². The first-order valence-electron chi connectivity index (χ1n) is 6.14. The summed E-state index contributed by atoms with van der Waals surface area (Å²) in [5, 5.41) is 0. The number of aromatic nitrogens is 2. The van der Waals surface area contributed by atoms with Crippen molar-refractivity contribution in [2.45, 2.75) is 20.4 Å². The zero-order valence-electron chi connectivity index (χ0n) is 10.9. The number of nitrogens with zero attached hydrogens (tertiary/aromatic N) is 1. The Balaban J connectivity index is 2.20. The van der Waals surface area contributed by atoms with Gasteiger partial charge in [0.05, 0.1) is 22.1 Å². The van der Waals surface area contributed by atoms with Gasteiger partial charge in [-0.1, -0.05) is 13.8 Å². The Hall–Kier alpha value is -0.720. The first-order chi connectivity index (χ1) is 8.99. The Labute approximate surface area is 124 Å². The van der Waals surface area contributed by atoms with Crippen LogP contribution in [0.4, 0.5) is 4.39 Å². The average Bonchev–Trinajstić information content (AvgIpc) is 2.61. The number of imidazole rings is 1. The third kappa shape index (κ3) is 3.43. The Bertz CT molecular complexity index is 635. The molecular weight excluding hydrogens is 331 g/mol. The molecule has 1 heterocycles. The van der Waals surface area contributed by atoms with Crippen molar-refractivity contribution in [3.8, 4) is 0 Å². The monoisotopic (exact) mass is 346 g/mol. The molecule has 0 saturated carbocycles. The van der Waals surface area contributed by atoms with E-state index < -0.39 is 0 Å². The van der Waals surface area contributed by atoms with Crippen LogP contribution >= 0.6 is 28.1 Å². The highest BCUT2D eigenvalue weighted by atomic mass is 79.9. The van der Waals surface area contributed by atoms with Gasteiger partial charge in [-0.25, -0.2) is 4.39 Å². The van der Waals surface area contributed by atoms with Gasteiger partial charge in [-0.2, -0.15) is 0 Å². The van der Waals surface area contributed by atoms with E-state index >= 15 is 0 Å². The van der Waals surface area contributed by atoms with Crippen LogP contribution in [0.15, 0.2) is 16.6 Å². The Morgan fingerprint density at radius 1 is 1.47 bits per heavy atom. The topological polar surface area (TPSA) is 29.9 Å². The molecule has 0 bridgehead atoms. The molecule has 104 valence electrons. The highest BCUT2D eigenvalue weighted by Gasteiger charge is 2.08. The van der Waals surface area contributed by atoms with Crippen molar-refractivity contribution >= 4 is 39.2 Å². The maximum Gasteiger partial charge on any atom is 0.178 e. The summed E-state index contributed by atoms with van der Waals surface area (Å²) in [5.41, 5.74) is 1.58. The molecule has 0 unspecified atom stereocenters. The summed E-state index contributed by atoms with van der Waals surface area (Å²) in [5.74, 6) is 0.214. The van der Waals surface area contributed by atoms with Crippen molar-refractivity contribution < 1.29 is 9.13 Å². The van der Waals surface area contributed by atoms with E-state index in [0.29, 0.717) is 33.8 Å². The Morgan fingerprint density at radius 3 is 2.89 bits per heavy atom. The summed E-state index contributed by atoms with van der Waals surface area (Å²) in [7, 11) is 0. The lowest BCUT2D eigenvalue weighted by Crippen LogP contribution is -2.09. The van der Waals surface area contributed by atoms with Gasteiger partial charge < -0.3 is 14.3 Å². The molecule has 0 aliphatic rings. The van der Waals surface area contributed by atoms with Crippen LogP contribution in [0.2, 0.25) is 0 Å². The van der Waals surface area contributed by atoms with Gasteiger partial charge in [0.1, 0.15) is 5.82 Å². The third-order valence-electron chi connectivity index (χ3n) is 2.73. The number of hydrogen-bond donors (Lipinski definition) is 1. The number of ether oxygens (including phenoxy) is 1. The maximum absolute atomic E-state index is 13.5. The molecule has 19 heavy (non-hydrogen) atoms. The summed E-state index contributed by atoms with van der Waals surface area (Å²) in [6.45, 7) is 6.19. The maximum atomic E-state index is 13.5. The summed E-state index contributed by atoms with van der Waals surface area (Å²) in [4.78, 5) is 3.01. The molecule has 0 saturated heterocycles. The van der Waals surface area contributed by atoms with Gasteiger partial charge in [-0.3, -0.25) is 0 Å². The summed E-state index contributed by atoms with van der Waals surface area (Å²) >= 11 is 8.45. The number of fused-ring (bicyclic) bond motifs is 1. The lowest BCUT2D eigenvalue weighted by Gasteiger charge is -2.08. The summed E-state index contributed by atoms with van der Waals surface area (Å²) in [6.07, 6.45) is 0. The van der Waals surface area contributed by atoms with Crippen molar-refractivity contribution in [1.82, 2.24) is 9.55 Å². The normalized spacial score (nSPS) is 11.6. The minimum atomic E-state index is -0.299. The highest BCUT2D eigenvalue weighted by Crippen LogP contribution is 2.23. The SMILES string of the molecule is CC(C)COCCn1c(=S)[nH]c2cc(F)c(Br)cc21. The van der Waals surface area contributed by atoms with Crippen LogP contribution < -0.4 is 0 Å². The smallest absolute Gasteiger partial charge is 0.178 e. The molecule has 0 aliphatic heterocycles. The molecule has 0 radical (unpaired) electrons. The van der Waals surface area contributed by atoms with Crippen LogP contribution in [0.25, 0.3) is 11.0 Å². The first kappa shape index (κ1) is 14.7. The lowest BCUT2D eigenvalue weighted by atomic mass is 10.2. The quantitative estimate of drug-likeness (QED) is 0.647. The number of rotatable bonds is 5. The van der Waals surface area contributed by atoms with Crippen molar-refractivity contribution in [1.29, 1.82) is 0 Å². The second-order valence-corrected chi connectivity index (χ2v) is 6.08. The number of halogens is 2. The molecule has 1 N–H and O–H groups in total. The highest BCUT2D eigenvalue weighted by molar-refractivity contribution is 9.10. The molecular formula is C13H16BrFN2OS. The van der Waals surface area contributed by atoms with E-state index in [0.717, 1.165) is 12.1 Å². The fraction of sp³-hybridized carbons (Fsp3) is 0.462. The Kier molecular flexibility index (Phi) is 4.76. The molecule has 1 aromatic heterocycles. The molecule has 1 aromatic carbocycles. The predicted octanol–water partition coefficient (Wildman–Crippen LogP) is 4.27. The number of benzene rings is 1. The largest absolute Gasteiger partial charge is 0.379 e. The van der Waals surface area contributed by atoms with Crippen LogP contribution in [0, 0.1) is 16.5 Å². The van der Waals surface area contributed by atoms with E-state index in [1.54, 1.807) is 6.07 Å². The fourth-order valence-electron chi connectivity index (χ4n) is 1.85. The van der Waals surface area contributed by atoms with Crippen molar-refractivity contribution in [2.24, 2.45) is 5.92 Å². The standard InChI is InChI=1S/C13H16BrFN2OS/c1-8(2)7-18-4-3-17-12-5-9(14)10(15)6-11(12)16-13(17)19/h5-6,8H,3-4,7H2,1-2H3,(H,16,19). The van der Waals surface area contributed by atoms with Crippen LogP contribution in [-0.4, -0.2) is 22.8 Å². The second-order valence-electron chi connectivity index (χ2n) is 4.83. The zero-order chi connectivity index (χ0) is 14.0. The third-order valence-corrected chi connectivity index (χ3v) is 3.66. The zero-order valence-corrected chi connectivity index (χ0v) is 13.3. The van der Waals surface area contributed by atoms with E-state index in [9.17, 15) is 4.39 Å². The fourth-order valence-corrected chi connectivity index (χ4v) is 2.48. The molecule has 0 atom stereocenters. The van der Waals surface area contributed by atoms with Gasteiger partial charge in [0, 0.05) is 19.2 Å². The van der Waals surface area contributed by atoms with Crippen molar-refractivity contribution in [3.63, 3.8) is 0 Å². The molecule has 0 amide bonds. The molecule has 6 heteroatoms. The van der Waals surface area contributed by atoms with Crippen LogP contribution in [-0.2, 0) is 11.3 Å². The second kappa shape index (κ2) is 6.15. The first-order valence-corrected chi connectivity index (χ1v) is 7.34. The molecule has 2 aromatic rings. The summed E-state index contributed by atoms with van der Waals surface area (Å²) in [6, 6.07) is 3.18. The van der Waals surface area contributed by atoms with E-state index in [4.69, 9.17) is 17.0 Å². The molecule has 0 aliphatic carbocycles. The van der Waals surface area contributed by atoms with Gasteiger partial charge in [0.15, 0.2) is 4.77 Å². The molecule has 0 fully saturated rings. The van der Waals surface area contributed by atoms with Gasteiger partial charge >= 0.3 is 0 Å². The van der Waals surface area contributed by atoms with Crippen LogP contribution in [0.3, 0.4) is 0 Å². The number of nitrogens with one attached hydrogen (secondary N) is 1.